The second-order valence-corrected chi connectivity index (χ2v) is 10.8. The molecule has 2 heterocycles. The zero-order valence-corrected chi connectivity index (χ0v) is 21.3. The van der Waals surface area contributed by atoms with Gasteiger partial charge in [0, 0.05) is 36.8 Å². The molecular formula is C23H20BrClN6O2S. The van der Waals surface area contributed by atoms with Crippen molar-refractivity contribution in [2.45, 2.75) is 11.3 Å². The van der Waals surface area contributed by atoms with Gasteiger partial charge in [0.15, 0.2) is 5.65 Å². The summed E-state index contributed by atoms with van der Waals surface area (Å²) >= 11 is 9.86. The molecule has 0 atom stereocenters. The summed E-state index contributed by atoms with van der Waals surface area (Å²) < 4.78 is 29.4. The predicted octanol–water partition coefficient (Wildman–Crippen LogP) is 4.81. The summed E-state index contributed by atoms with van der Waals surface area (Å²) in [6, 6.07) is 17.3. The molecule has 0 spiro atoms. The van der Waals surface area contributed by atoms with E-state index in [2.05, 4.69) is 31.3 Å². The molecule has 0 saturated carbocycles. The predicted molar refractivity (Wildman–Crippen MR) is 135 cm³/mol. The topological polar surface area (TPSA) is 103 Å². The van der Waals surface area contributed by atoms with E-state index in [1.165, 1.54) is 23.5 Å². The highest BCUT2D eigenvalue weighted by Crippen LogP contribution is 2.30. The highest BCUT2D eigenvalue weighted by atomic mass is 79.9. The molecule has 2 aromatic carbocycles. The second kappa shape index (κ2) is 10.1. The Morgan fingerprint density at radius 2 is 2.00 bits per heavy atom. The first-order valence-corrected chi connectivity index (χ1v) is 12.9. The summed E-state index contributed by atoms with van der Waals surface area (Å²) in [5, 5.41) is 17.3. The number of hydrogen-bond acceptors (Lipinski definition) is 6. The Kier molecular flexibility index (Phi) is 7.19. The molecule has 1 N–H and O–H groups in total. The lowest BCUT2D eigenvalue weighted by Gasteiger charge is -2.18. The normalized spacial score (nSPS) is 11.6. The molecule has 0 fully saturated rings. The van der Waals surface area contributed by atoms with Crippen molar-refractivity contribution >= 4 is 49.0 Å². The number of sulfonamides is 1. The monoisotopic (exact) mass is 558 g/mol. The van der Waals surface area contributed by atoms with E-state index in [0.29, 0.717) is 47.3 Å². The van der Waals surface area contributed by atoms with E-state index < -0.39 is 10.0 Å². The summed E-state index contributed by atoms with van der Waals surface area (Å²) in [5.41, 5.74) is 2.43. The molecule has 0 bridgehead atoms. The smallest absolute Gasteiger partial charge is 0.242 e. The Bertz CT molecular complexity index is 1500. The molecule has 0 unspecified atom stereocenters. The van der Waals surface area contributed by atoms with Gasteiger partial charge in [-0.25, -0.2) is 17.7 Å². The van der Waals surface area contributed by atoms with E-state index in [1.54, 1.807) is 22.8 Å². The van der Waals surface area contributed by atoms with E-state index in [0.717, 1.165) is 10.0 Å². The molecule has 4 aromatic rings. The lowest BCUT2D eigenvalue weighted by molar-refractivity contribution is 0.465. The molecule has 0 radical (unpaired) electrons. The number of halogens is 2. The maximum atomic E-state index is 12.8. The third-order valence-electron chi connectivity index (χ3n) is 5.21. The number of anilines is 1. The van der Waals surface area contributed by atoms with Gasteiger partial charge in [-0.05, 0) is 46.6 Å². The quantitative estimate of drug-likeness (QED) is 0.311. The summed E-state index contributed by atoms with van der Waals surface area (Å²) in [6.45, 7) is 0.789. The maximum absolute atomic E-state index is 12.8. The number of benzene rings is 2. The highest BCUT2D eigenvalue weighted by molar-refractivity contribution is 9.10. The van der Waals surface area contributed by atoms with Crippen molar-refractivity contribution in [3.05, 3.63) is 75.9 Å². The minimum absolute atomic E-state index is 0.101. The minimum Gasteiger partial charge on any atom is -0.370 e. The van der Waals surface area contributed by atoms with E-state index in [-0.39, 0.29) is 4.90 Å². The van der Waals surface area contributed by atoms with E-state index in [9.17, 15) is 8.42 Å². The van der Waals surface area contributed by atoms with Crippen LogP contribution < -0.4 is 5.32 Å². The van der Waals surface area contributed by atoms with E-state index in [4.69, 9.17) is 16.9 Å². The number of nitrogens with one attached hydrogen (secondary N) is 1. The fraction of sp³-hybridized carbons (Fsp3) is 0.174. The Hall–Kier alpha value is -2.97. The van der Waals surface area contributed by atoms with Crippen LogP contribution in [0.15, 0.2) is 70.2 Å². The van der Waals surface area contributed by atoms with Gasteiger partial charge in [0.05, 0.1) is 32.9 Å². The first-order valence-electron chi connectivity index (χ1n) is 10.3. The van der Waals surface area contributed by atoms with Gasteiger partial charge < -0.3 is 5.32 Å². The summed E-state index contributed by atoms with van der Waals surface area (Å²) in [5.74, 6) is 0.706. The Balaban J connectivity index is 1.49. The van der Waals surface area contributed by atoms with Crippen LogP contribution in [0.2, 0.25) is 5.02 Å². The minimum atomic E-state index is -3.69. The second-order valence-electron chi connectivity index (χ2n) is 7.48. The zero-order chi connectivity index (χ0) is 24.3. The number of nitrogens with zero attached hydrogens (tertiary/aromatic N) is 5. The van der Waals surface area contributed by atoms with Crippen LogP contribution in [-0.4, -0.2) is 47.5 Å². The lowest BCUT2D eigenvalue weighted by Crippen LogP contribution is -2.29. The highest BCUT2D eigenvalue weighted by Gasteiger charge is 2.21. The molecule has 174 valence electrons. The molecule has 0 aliphatic rings. The van der Waals surface area contributed by atoms with Gasteiger partial charge in [0.2, 0.25) is 10.0 Å². The Morgan fingerprint density at radius 3 is 2.76 bits per heavy atom. The third kappa shape index (κ3) is 4.93. The lowest BCUT2D eigenvalue weighted by atomic mass is 10.1. The van der Waals surface area contributed by atoms with Crippen molar-refractivity contribution in [3.63, 3.8) is 0 Å². The van der Waals surface area contributed by atoms with E-state index in [1.807, 2.05) is 36.4 Å². The fourth-order valence-corrected chi connectivity index (χ4v) is 5.25. The molecule has 0 aliphatic carbocycles. The largest absolute Gasteiger partial charge is 0.370 e. The van der Waals surface area contributed by atoms with Gasteiger partial charge in [0.25, 0.3) is 0 Å². The summed E-state index contributed by atoms with van der Waals surface area (Å²) in [4.78, 5) is 4.78. The number of rotatable bonds is 8. The first kappa shape index (κ1) is 24.2. The number of fused-ring (bicyclic) bond motifs is 1. The van der Waals surface area contributed by atoms with Gasteiger partial charge >= 0.3 is 0 Å². The first-order chi connectivity index (χ1) is 16.3. The van der Waals surface area contributed by atoms with Crippen LogP contribution in [0.3, 0.4) is 0 Å². The zero-order valence-electron chi connectivity index (χ0n) is 18.1. The number of aromatic nitrogens is 3. The average molecular weight is 560 g/mol. The van der Waals surface area contributed by atoms with Crippen LogP contribution >= 0.6 is 27.5 Å². The van der Waals surface area contributed by atoms with Crippen molar-refractivity contribution in [3.8, 4) is 17.3 Å². The molecule has 11 heteroatoms. The molecule has 2 aromatic heterocycles. The van der Waals surface area contributed by atoms with Crippen LogP contribution in [0.1, 0.15) is 12.0 Å². The molecule has 8 nitrogen and oxygen atoms in total. The van der Waals surface area contributed by atoms with Gasteiger partial charge in [-0.2, -0.15) is 14.9 Å². The fourth-order valence-electron chi connectivity index (χ4n) is 3.41. The molecule has 4 rings (SSSR count). The number of hydrogen-bond donors (Lipinski definition) is 1. The van der Waals surface area contributed by atoms with Gasteiger partial charge in [-0.3, -0.25) is 0 Å². The Labute approximate surface area is 211 Å². The van der Waals surface area contributed by atoms with E-state index >= 15 is 0 Å². The molecule has 0 aliphatic heterocycles. The number of nitriles is 1. The van der Waals surface area contributed by atoms with Crippen LogP contribution in [0, 0.1) is 11.3 Å². The van der Waals surface area contributed by atoms with Crippen LogP contribution in [-0.2, 0) is 10.0 Å². The SMILES string of the molecule is CN(CCCNc1cc(-c2ccccc2Cl)nc2c(Br)cnn12)S(=O)(=O)c1cccc(C#N)c1. The van der Waals surface area contributed by atoms with Gasteiger partial charge in [-0.1, -0.05) is 35.9 Å². The standard InChI is InChI=1S/C23H20BrClN6O2S/c1-30(34(32,33)17-7-4-6-16(12-17)14-26)11-5-10-27-22-13-21(18-8-2-3-9-20(18)25)29-23-19(24)15-28-31(22)23/h2-4,6-9,12-13,15,27H,5,10-11H2,1H3. The molecule has 0 saturated heterocycles. The average Bonchev–Trinajstić information content (AvgIpc) is 3.22. The molecule has 0 amide bonds. The van der Waals surface area contributed by atoms with Crippen molar-refractivity contribution in [2.24, 2.45) is 0 Å². The van der Waals surface area contributed by atoms with Crippen molar-refractivity contribution in [1.29, 1.82) is 5.26 Å². The van der Waals surface area contributed by atoms with Gasteiger partial charge in [0.1, 0.15) is 5.82 Å². The Morgan fingerprint density at radius 1 is 1.21 bits per heavy atom. The maximum Gasteiger partial charge on any atom is 0.242 e. The van der Waals surface area contributed by atoms with Crippen LogP contribution in [0.5, 0.6) is 0 Å². The van der Waals surface area contributed by atoms with Gasteiger partial charge in [-0.15, -0.1) is 0 Å². The summed E-state index contributed by atoms with van der Waals surface area (Å²) in [7, 11) is -2.16. The van der Waals surface area contributed by atoms with Crippen molar-refractivity contribution < 1.29 is 8.42 Å². The summed E-state index contributed by atoms with van der Waals surface area (Å²) in [6.07, 6.45) is 2.21. The third-order valence-corrected chi connectivity index (χ3v) is 7.95. The van der Waals surface area contributed by atoms with Crippen molar-refractivity contribution in [1.82, 2.24) is 18.9 Å². The molecule has 34 heavy (non-hydrogen) atoms. The molecular weight excluding hydrogens is 540 g/mol. The van der Waals surface area contributed by atoms with Crippen LogP contribution in [0.4, 0.5) is 5.82 Å². The van der Waals surface area contributed by atoms with Crippen molar-refractivity contribution in [2.75, 3.05) is 25.5 Å². The van der Waals surface area contributed by atoms with Crippen LogP contribution in [0.25, 0.3) is 16.9 Å².